The first-order chi connectivity index (χ1) is 7.65. The number of carbonyl (C=O) groups is 1. The topological polar surface area (TPSA) is 29.5 Å². The number of ether oxygens (including phenoxy) is 1. The standard InChI is InChI=1S/C11H17NO2S2/c1-4-7-8-10(13)12(9-5-2)16-11(15)14-6-3/h4-5H,1-2,6-9H2,3H3. The second-order valence-electron chi connectivity index (χ2n) is 2.85. The lowest BCUT2D eigenvalue weighted by Crippen LogP contribution is -2.26. The number of hydrogen-bond donors (Lipinski definition) is 0. The Kier molecular flexibility index (Phi) is 8.94. The third-order valence-corrected chi connectivity index (χ3v) is 2.76. The van der Waals surface area contributed by atoms with E-state index < -0.39 is 0 Å². The molecule has 0 aromatic heterocycles. The lowest BCUT2D eigenvalue weighted by atomic mass is 10.3. The van der Waals surface area contributed by atoms with Crippen LogP contribution in [0.2, 0.25) is 0 Å². The molecule has 0 radical (unpaired) electrons. The van der Waals surface area contributed by atoms with Crippen LogP contribution in [0.15, 0.2) is 25.3 Å². The third kappa shape index (κ3) is 6.63. The Morgan fingerprint density at radius 3 is 2.69 bits per heavy atom. The zero-order valence-electron chi connectivity index (χ0n) is 9.48. The minimum absolute atomic E-state index is 0.00635. The van der Waals surface area contributed by atoms with Gasteiger partial charge in [0, 0.05) is 18.4 Å². The molecular formula is C11H17NO2S2. The van der Waals surface area contributed by atoms with Crippen LogP contribution in [0.5, 0.6) is 0 Å². The van der Waals surface area contributed by atoms with E-state index >= 15 is 0 Å². The molecule has 0 N–H and O–H groups in total. The highest BCUT2D eigenvalue weighted by atomic mass is 32.2. The summed E-state index contributed by atoms with van der Waals surface area (Å²) < 4.78 is 7.03. The molecule has 90 valence electrons. The van der Waals surface area contributed by atoms with Crippen molar-refractivity contribution in [2.24, 2.45) is 0 Å². The van der Waals surface area contributed by atoms with Crippen molar-refractivity contribution in [1.82, 2.24) is 4.31 Å². The maximum atomic E-state index is 11.7. The van der Waals surface area contributed by atoms with Gasteiger partial charge < -0.3 is 4.74 Å². The van der Waals surface area contributed by atoms with E-state index in [4.69, 9.17) is 17.0 Å². The van der Waals surface area contributed by atoms with Gasteiger partial charge in [-0.25, -0.2) is 0 Å². The van der Waals surface area contributed by atoms with Crippen LogP contribution >= 0.6 is 24.2 Å². The number of allylic oxidation sites excluding steroid dienone is 1. The van der Waals surface area contributed by atoms with Gasteiger partial charge in [0.05, 0.1) is 13.2 Å². The Morgan fingerprint density at radius 2 is 2.19 bits per heavy atom. The number of nitrogens with zero attached hydrogens (tertiary/aromatic N) is 1. The van der Waals surface area contributed by atoms with Crippen molar-refractivity contribution in [2.45, 2.75) is 19.8 Å². The first-order valence-electron chi connectivity index (χ1n) is 5.02. The van der Waals surface area contributed by atoms with E-state index in [2.05, 4.69) is 13.2 Å². The first kappa shape index (κ1) is 15.2. The molecule has 0 unspecified atom stereocenters. The van der Waals surface area contributed by atoms with Crippen LogP contribution in [0.25, 0.3) is 0 Å². The average molecular weight is 259 g/mol. The second kappa shape index (κ2) is 9.42. The average Bonchev–Trinajstić information content (AvgIpc) is 2.25. The third-order valence-electron chi connectivity index (χ3n) is 1.58. The van der Waals surface area contributed by atoms with E-state index in [1.807, 2.05) is 6.92 Å². The van der Waals surface area contributed by atoms with Gasteiger partial charge in [0.1, 0.15) is 0 Å². The van der Waals surface area contributed by atoms with Gasteiger partial charge in [-0.3, -0.25) is 9.10 Å². The van der Waals surface area contributed by atoms with E-state index in [-0.39, 0.29) is 5.91 Å². The molecule has 0 aromatic carbocycles. The summed E-state index contributed by atoms with van der Waals surface area (Å²) in [5.41, 5.74) is 0. The first-order valence-corrected chi connectivity index (χ1v) is 6.20. The van der Waals surface area contributed by atoms with Crippen molar-refractivity contribution in [2.75, 3.05) is 13.2 Å². The molecule has 0 heterocycles. The van der Waals surface area contributed by atoms with Crippen LogP contribution in [-0.2, 0) is 9.53 Å². The molecule has 0 aliphatic rings. The number of carbonyl (C=O) groups excluding carboxylic acids is 1. The van der Waals surface area contributed by atoms with E-state index in [9.17, 15) is 4.79 Å². The monoisotopic (exact) mass is 259 g/mol. The Labute approximate surface area is 107 Å². The molecule has 0 fully saturated rings. The second-order valence-corrected chi connectivity index (χ2v) is 4.47. The summed E-state index contributed by atoms with van der Waals surface area (Å²) in [6, 6.07) is 0. The molecule has 0 spiro atoms. The number of amides is 1. The van der Waals surface area contributed by atoms with Gasteiger partial charge >= 0.3 is 0 Å². The van der Waals surface area contributed by atoms with Crippen LogP contribution in [-0.4, -0.2) is 27.7 Å². The van der Waals surface area contributed by atoms with Crippen molar-refractivity contribution in [3.05, 3.63) is 25.3 Å². The van der Waals surface area contributed by atoms with Crippen LogP contribution in [0.3, 0.4) is 0 Å². The zero-order chi connectivity index (χ0) is 12.4. The van der Waals surface area contributed by atoms with Crippen molar-refractivity contribution in [3.8, 4) is 0 Å². The minimum Gasteiger partial charge on any atom is -0.478 e. The maximum absolute atomic E-state index is 11.7. The number of hydrogen-bond acceptors (Lipinski definition) is 4. The van der Waals surface area contributed by atoms with Crippen LogP contribution in [0, 0.1) is 0 Å². The largest absolute Gasteiger partial charge is 0.478 e. The smallest absolute Gasteiger partial charge is 0.241 e. The van der Waals surface area contributed by atoms with Crippen molar-refractivity contribution >= 4 is 34.5 Å². The summed E-state index contributed by atoms with van der Waals surface area (Å²) >= 11 is 6.11. The van der Waals surface area contributed by atoms with E-state index in [0.29, 0.717) is 30.4 Å². The predicted molar refractivity (Wildman–Crippen MR) is 73.2 cm³/mol. The number of thiocarbonyl (C=S) groups is 1. The van der Waals surface area contributed by atoms with Gasteiger partial charge in [0.2, 0.25) is 10.3 Å². The van der Waals surface area contributed by atoms with Crippen LogP contribution in [0.4, 0.5) is 0 Å². The van der Waals surface area contributed by atoms with Crippen LogP contribution in [0.1, 0.15) is 19.8 Å². The van der Waals surface area contributed by atoms with E-state index in [1.165, 1.54) is 0 Å². The maximum Gasteiger partial charge on any atom is 0.241 e. The normalized spacial score (nSPS) is 9.31. The Hall–Kier alpha value is -0.810. The molecule has 16 heavy (non-hydrogen) atoms. The summed E-state index contributed by atoms with van der Waals surface area (Å²) in [4.78, 5) is 11.7. The molecule has 0 aromatic rings. The summed E-state index contributed by atoms with van der Waals surface area (Å²) in [6.45, 7) is 10.00. The molecule has 0 aliphatic carbocycles. The van der Waals surface area contributed by atoms with Gasteiger partial charge in [-0.1, -0.05) is 12.2 Å². The van der Waals surface area contributed by atoms with E-state index in [0.717, 1.165) is 11.9 Å². The fourth-order valence-electron chi connectivity index (χ4n) is 0.892. The molecule has 0 atom stereocenters. The summed E-state index contributed by atoms with van der Waals surface area (Å²) in [5.74, 6) is 0.00635. The Bertz CT molecular complexity index is 267. The Morgan fingerprint density at radius 1 is 1.50 bits per heavy atom. The molecule has 0 aliphatic heterocycles. The summed E-state index contributed by atoms with van der Waals surface area (Å²) in [5, 5.41) is 0. The van der Waals surface area contributed by atoms with Gasteiger partial charge in [-0.15, -0.1) is 13.2 Å². The highest BCUT2D eigenvalue weighted by Crippen LogP contribution is 2.15. The van der Waals surface area contributed by atoms with Gasteiger partial charge in [-0.2, -0.15) is 0 Å². The van der Waals surface area contributed by atoms with Gasteiger partial charge in [0.25, 0.3) is 0 Å². The van der Waals surface area contributed by atoms with Crippen molar-refractivity contribution in [1.29, 1.82) is 0 Å². The molecule has 0 saturated heterocycles. The number of rotatable bonds is 6. The van der Waals surface area contributed by atoms with Crippen LogP contribution < -0.4 is 0 Å². The van der Waals surface area contributed by atoms with Gasteiger partial charge in [0.15, 0.2) is 0 Å². The molecule has 0 rings (SSSR count). The fourth-order valence-corrected chi connectivity index (χ4v) is 2.00. The lowest BCUT2D eigenvalue weighted by molar-refractivity contribution is -0.125. The van der Waals surface area contributed by atoms with Crippen molar-refractivity contribution in [3.63, 3.8) is 0 Å². The Balaban J connectivity index is 4.23. The van der Waals surface area contributed by atoms with Crippen molar-refractivity contribution < 1.29 is 9.53 Å². The van der Waals surface area contributed by atoms with E-state index in [1.54, 1.807) is 16.5 Å². The fraction of sp³-hybridized carbons (Fsp3) is 0.455. The molecule has 5 heteroatoms. The predicted octanol–water partition coefficient (Wildman–Crippen LogP) is 2.94. The SMILES string of the molecule is C=CCCC(=O)N(CC=C)SC(=S)OCC. The molecule has 1 amide bonds. The lowest BCUT2D eigenvalue weighted by Gasteiger charge is -2.19. The minimum atomic E-state index is 0.00635. The molecule has 3 nitrogen and oxygen atoms in total. The molecular weight excluding hydrogens is 242 g/mol. The summed E-state index contributed by atoms with van der Waals surface area (Å²) in [7, 11) is 0. The quantitative estimate of drug-likeness (QED) is 0.417. The molecule has 0 bridgehead atoms. The highest BCUT2D eigenvalue weighted by Gasteiger charge is 2.14. The molecule has 0 saturated carbocycles. The highest BCUT2D eigenvalue weighted by molar-refractivity contribution is 8.21. The van der Waals surface area contributed by atoms with Gasteiger partial charge in [-0.05, 0) is 25.6 Å². The zero-order valence-corrected chi connectivity index (χ0v) is 11.1. The summed E-state index contributed by atoms with van der Waals surface area (Å²) in [6.07, 6.45) is 4.47.